The van der Waals surface area contributed by atoms with Gasteiger partial charge < -0.3 is 10.1 Å². The molecule has 0 radical (unpaired) electrons. The van der Waals surface area contributed by atoms with Crippen LogP contribution in [0.3, 0.4) is 0 Å². The monoisotopic (exact) mass is 303 g/mol. The molecule has 1 aliphatic rings. The third kappa shape index (κ3) is 2.92. The van der Waals surface area contributed by atoms with Crippen LogP contribution in [0.1, 0.15) is 12.8 Å². The van der Waals surface area contributed by atoms with Crippen molar-refractivity contribution < 1.29 is 9.53 Å². The molecule has 1 atom stereocenters. The Morgan fingerprint density at radius 1 is 1.36 bits per heavy atom. The summed E-state index contributed by atoms with van der Waals surface area (Å²) in [5.41, 5.74) is 1.67. The fourth-order valence-electron chi connectivity index (χ4n) is 2.88. The molecule has 118 valence electrons. The average molecular weight is 303 g/mol. The molecule has 2 heterocycles. The van der Waals surface area contributed by atoms with E-state index in [2.05, 4.69) is 5.32 Å². The van der Waals surface area contributed by atoms with Crippen molar-refractivity contribution in [3.05, 3.63) is 34.7 Å². The van der Waals surface area contributed by atoms with Gasteiger partial charge in [0.2, 0.25) is 5.91 Å². The second-order valence-corrected chi connectivity index (χ2v) is 5.77. The number of benzene rings is 1. The zero-order valence-corrected chi connectivity index (χ0v) is 12.7. The average Bonchev–Trinajstić information content (AvgIpc) is 3.13. The minimum absolute atomic E-state index is 0.0215. The predicted octanol–water partition coefficient (Wildman–Crippen LogP) is 0.883. The molecular weight excluding hydrogens is 282 g/mol. The lowest BCUT2D eigenvalue weighted by Gasteiger charge is -2.09. The molecule has 22 heavy (non-hydrogen) atoms. The van der Waals surface area contributed by atoms with E-state index in [4.69, 9.17) is 4.74 Å². The fourth-order valence-corrected chi connectivity index (χ4v) is 2.88. The quantitative estimate of drug-likeness (QED) is 0.892. The van der Waals surface area contributed by atoms with Gasteiger partial charge >= 0.3 is 5.69 Å². The number of rotatable bonds is 5. The summed E-state index contributed by atoms with van der Waals surface area (Å²) < 4.78 is 8.56. The first-order chi connectivity index (χ1) is 10.7. The molecule has 1 aliphatic heterocycles. The van der Waals surface area contributed by atoms with Crippen LogP contribution in [0.2, 0.25) is 0 Å². The highest BCUT2D eigenvalue weighted by atomic mass is 16.5. The van der Waals surface area contributed by atoms with Crippen molar-refractivity contribution in [1.29, 1.82) is 0 Å². The van der Waals surface area contributed by atoms with Gasteiger partial charge in [0, 0.05) is 39.1 Å². The predicted molar refractivity (Wildman–Crippen MR) is 83.7 cm³/mol. The van der Waals surface area contributed by atoms with Crippen LogP contribution in [0.25, 0.3) is 11.0 Å². The molecular formula is C16H21N3O3. The third-order valence-corrected chi connectivity index (χ3v) is 4.23. The molecule has 1 aromatic heterocycles. The Labute approximate surface area is 128 Å². The summed E-state index contributed by atoms with van der Waals surface area (Å²) in [6, 6.07) is 7.62. The number of para-hydroxylation sites is 2. The van der Waals surface area contributed by atoms with E-state index in [0.29, 0.717) is 25.4 Å². The summed E-state index contributed by atoms with van der Waals surface area (Å²) in [5, 5.41) is 2.93. The number of nitrogens with zero attached hydrogens (tertiary/aromatic N) is 2. The molecule has 1 amide bonds. The largest absolute Gasteiger partial charge is 0.381 e. The van der Waals surface area contributed by atoms with Crippen LogP contribution >= 0.6 is 0 Å². The first-order valence-electron chi connectivity index (χ1n) is 7.65. The van der Waals surface area contributed by atoms with Gasteiger partial charge in [-0.25, -0.2) is 4.79 Å². The maximum Gasteiger partial charge on any atom is 0.328 e. The number of aryl methyl sites for hydroxylation is 2. The smallest absolute Gasteiger partial charge is 0.328 e. The SMILES string of the molecule is Cn1c(=O)n(CCC(=O)NC[C@@H]2CCOC2)c2ccccc21. The third-order valence-electron chi connectivity index (χ3n) is 4.23. The zero-order valence-electron chi connectivity index (χ0n) is 12.7. The van der Waals surface area contributed by atoms with Crippen molar-refractivity contribution in [1.82, 2.24) is 14.5 Å². The zero-order chi connectivity index (χ0) is 15.5. The van der Waals surface area contributed by atoms with Gasteiger partial charge in [-0.3, -0.25) is 13.9 Å². The normalized spacial score (nSPS) is 18.0. The van der Waals surface area contributed by atoms with E-state index >= 15 is 0 Å². The van der Waals surface area contributed by atoms with Gasteiger partial charge in [-0.1, -0.05) is 12.1 Å². The Kier molecular flexibility index (Phi) is 4.29. The number of amides is 1. The number of ether oxygens (including phenoxy) is 1. The molecule has 0 unspecified atom stereocenters. The maximum absolute atomic E-state index is 12.2. The van der Waals surface area contributed by atoms with E-state index < -0.39 is 0 Å². The van der Waals surface area contributed by atoms with Crippen LogP contribution < -0.4 is 11.0 Å². The van der Waals surface area contributed by atoms with Crippen LogP contribution in [0, 0.1) is 5.92 Å². The van der Waals surface area contributed by atoms with Crippen molar-refractivity contribution in [3.8, 4) is 0 Å². The lowest BCUT2D eigenvalue weighted by atomic mass is 10.1. The summed E-state index contributed by atoms with van der Waals surface area (Å²) in [6.07, 6.45) is 1.31. The molecule has 0 spiro atoms. The van der Waals surface area contributed by atoms with Crippen molar-refractivity contribution >= 4 is 16.9 Å². The highest BCUT2D eigenvalue weighted by Gasteiger charge is 2.16. The van der Waals surface area contributed by atoms with Gasteiger partial charge in [0.25, 0.3) is 0 Å². The molecule has 0 bridgehead atoms. The summed E-state index contributed by atoms with van der Waals surface area (Å²) in [5.74, 6) is 0.399. The molecule has 1 N–H and O–H groups in total. The highest BCUT2D eigenvalue weighted by Crippen LogP contribution is 2.12. The topological polar surface area (TPSA) is 65.3 Å². The first-order valence-corrected chi connectivity index (χ1v) is 7.65. The number of imidazole rings is 1. The van der Waals surface area contributed by atoms with Gasteiger partial charge in [0.15, 0.2) is 0 Å². The second kappa shape index (κ2) is 6.36. The second-order valence-electron chi connectivity index (χ2n) is 5.77. The van der Waals surface area contributed by atoms with Crippen molar-refractivity contribution in [2.45, 2.75) is 19.4 Å². The van der Waals surface area contributed by atoms with E-state index in [1.165, 1.54) is 0 Å². The number of hydrogen-bond acceptors (Lipinski definition) is 3. The van der Waals surface area contributed by atoms with Crippen molar-refractivity contribution in [2.24, 2.45) is 13.0 Å². The lowest BCUT2D eigenvalue weighted by Crippen LogP contribution is -2.31. The standard InChI is InChI=1S/C16H21N3O3/c1-18-13-4-2-3-5-14(13)19(16(18)21)8-6-15(20)17-10-12-7-9-22-11-12/h2-5,12H,6-11H2,1H3,(H,17,20)/t12-/m0/s1. The molecule has 6 nitrogen and oxygen atoms in total. The molecule has 2 aromatic rings. The Bertz CT molecular complexity index is 726. The summed E-state index contributed by atoms with van der Waals surface area (Å²) >= 11 is 0. The Hall–Kier alpha value is -2.08. The van der Waals surface area contributed by atoms with Crippen LogP contribution in [0.5, 0.6) is 0 Å². The molecule has 6 heteroatoms. The first kappa shape index (κ1) is 14.8. The minimum Gasteiger partial charge on any atom is -0.381 e. The number of carbonyl (C=O) groups excluding carboxylic acids is 1. The van der Waals surface area contributed by atoms with Crippen molar-refractivity contribution in [2.75, 3.05) is 19.8 Å². The molecule has 1 aromatic carbocycles. The summed E-state index contributed by atoms with van der Waals surface area (Å²) in [4.78, 5) is 24.2. The Morgan fingerprint density at radius 3 is 2.86 bits per heavy atom. The highest BCUT2D eigenvalue weighted by molar-refractivity contribution is 5.77. The molecule has 0 saturated carbocycles. The summed E-state index contributed by atoms with van der Waals surface area (Å²) in [7, 11) is 1.75. The van der Waals surface area contributed by atoms with Gasteiger partial charge in [-0.2, -0.15) is 0 Å². The number of carbonyl (C=O) groups is 1. The molecule has 3 rings (SSSR count). The van der Waals surface area contributed by atoms with Crippen LogP contribution in [-0.2, 0) is 23.1 Å². The van der Waals surface area contributed by atoms with E-state index in [1.54, 1.807) is 16.2 Å². The fraction of sp³-hybridized carbons (Fsp3) is 0.500. The van der Waals surface area contributed by atoms with E-state index in [0.717, 1.165) is 30.7 Å². The summed E-state index contributed by atoms with van der Waals surface area (Å²) in [6.45, 7) is 2.56. The molecule has 1 saturated heterocycles. The molecule has 1 fully saturated rings. The van der Waals surface area contributed by atoms with E-state index in [1.807, 2.05) is 24.3 Å². The van der Waals surface area contributed by atoms with Crippen molar-refractivity contribution in [3.63, 3.8) is 0 Å². The van der Waals surface area contributed by atoms with Gasteiger partial charge in [-0.05, 0) is 18.6 Å². The number of nitrogens with one attached hydrogen (secondary N) is 1. The van der Waals surface area contributed by atoms with Crippen LogP contribution in [0.4, 0.5) is 0 Å². The van der Waals surface area contributed by atoms with Gasteiger partial charge in [0.05, 0.1) is 17.6 Å². The molecule has 0 aliphatic carbocycles. The van der Waals surface area contributed by atoms with Gasteiger partial charge in [-0.15, -0.1) is 0 Å². The number of hydrogen-bond donors (Lipinski definition) is 1. The number of fused-ring (bicyclic) bond motifs is 1. The lowest BCUT2D eigenvalue weighted by molar-refractivity contribution is -0.121. The Morgan fingerprint density at radius 2 is 2.14 bits per heavy atom. The van der Waals surface area contributed by atoms with E-state index in [-0.39, 0.29) is 11.6 Å². The number of aromatic nitrogens is 2. The minimum atomic E-state index is -0.0850. The van der Waals surface area contributed by atoms with E-state index in [9.17, 15) is 9.59 Å². The maximum atomic E-state index is 12.2. The van der Waals surface area contributed by atoms with Gasteiger partial charge in [0.1, 0.15) is 0 Å². The van der Waals surface area contributed by atoms with Crippen LogP contribution in [-0.4, -0.2) is 34.8 Å². The Balaban J connectivity index is 1.62. The van der Waals surface area contributed by atoms with Crippen LogP contribution in [0.15, 0.2) is 29.1 Å².